The molecule has 1 fully saturated rings. The average Bonchev–Trinajstić information content (AvgIpc) is 2.38. The Morgan fingerprint density at radius 3 is 2.79 bits per heavy atom. The van der Waals surface area contributed by atoms with Gasteiger partial charge in [0.15, 0.2) is 0 Å². The van der Waals surface area contributed by atoms with Crippen molar-refractivity contribution >= 4 is 5.91 Å². The molecule has 5 heteroatoms. The average molecular weight is 265 g/mol. The van der Waals surface area contributed by atoms with Gasteiger partial charge in [-0.25, -0.2) is 0 Å². The van der Waals surface area contributed by atoms with Crippen molar-refractivity contribution in [3.63, 3.8) is 0 Å². The SMILES string of the molecule is COc1ccccc1CCNC(=O)C1(CO)COC1. The minimum atomic E-state index is -0.735. The summed E-state index contributed by atoms with van der Waals surface area (Å²) in [5.74, 6) is 0.678. The topological polar surface area (TPSA) is 67.8 Å². The fraction of sp³-hybridized carbons (Fsp3) is 0.500. The Morgan fingerprint density at radius 2 is 2.21 bits per heavy atom. The minimum absolute atomic E-state index is 0.142. The molecule has 0 saturated carbocycles. The fourth-order valence-corrected chi connectivity index (χ4v) is 2.05. The van der Waals surface area contributed by atoms with Gasteiger partial charge in [0.25, 0.3) is 0 Å². The van der Waals surface area contributed by atoms with Crippen LogP contribution in [0.25, 0.3) is 0 Å². The summed E-state index contributed by atoms with van der Waals surface area (Å²) in [5.41, 5.74) is 0.314. The summed E-state index contributed by atoms with van der Waals surface area (Å²) in [7, 11) is 1.63. The predicted octanol–water partition coefficient (Wildman–Crippen LogP) is 0.363. The Kier molecular flexibility index (Phi) is 4.39. The van der Waals surface area contributed by atoms with Gasteiger partial charge in [0.2, 0.25) is 5.91 Å². The molecular formula is C14H19NO4. The summed E-state index contributed by atoms with van der Waals surface area (Å²) in [5, 5.41) is 12.1. The quantitative estimate of drug-likeness (QED) is 0.779. The lowest BCUT2D eigenvalue weighted by molar-refractivity contribution is -0.169. The number of nitrogens with one attached hydrogen (secondary N) is 1. The van der Waals surface area contributed by atoms with E-state index >= 15 is 0 Å². The van der Waals surface area contributed by atoms with Crippen LogP contribution in [-0.2, 0) is 16.0 Å². The van der Waals surface area contributed by atoms with Gasteiger partial charge in [0, 0.05) is 6.54 Å². The van der Waals surface area contributed by atoms with E-state index in [0.717, 1.165) is 11.3 Å². The first-order valence-corrected chi connectivity index (χ1v) is 6.31. The second-order valence-electron chi connectivity index (χ2n) is 4.75. The van der Waals surface area contributed by atoms with Gasteiger partial charge in [0.05, 0.1) is 26.9 Å². The van der Waals surface area contributed by atoms with Crippen LogP contribution in [0.2, 0.25) is 0 Å². The van der Waals surface area contributed by atoms with E-state index in [9.17, 15) is 9.90 Å². The van der Waals surface area contributed by atoms with Gasteiger partial charge >= 0.3 is 0 Å². The summed E-state index contributed by atoms with van der Waals surface area (Å²) in [6, 6.07) is 7.72. The standard InChI is InChI=1S/C14H19NO4/c1-18-12-5-3-2-4-11(12)6-7-15-13(17)14(8-16)9-19-10-14/h2-5,16H,6-10H2,1H3,(H,15,17). The number of benzene rings is 1. The zero-order chi connectivity index (χ0) is 13.7. The molecule has 0 aliphatic carbocycles. The largest absolute Gasteiger partial charge is 0.496 e. The normalized spacial score (nSPS) is 16.5. The molecule has 2 rings (SSSR count). The van der Waals surface area contributed by atoms with Crippen LogP contribution in [0.3, 0.4) is 0 Å². The molecule has 1 saturated heterocycles. The minimum Gasteiger partial charge on any atom is -0.496 e. The molecule has 1 aliphatic heterocycles. The first kappa shape index (κ1) is 13.8. The molecule has 1 aromatic rings. The third kappa shape index (κ3) is 2.88. The maximum atomic E-state index is 11.9. The van der Waals surface area contributed by atoms with E-state index in [4.69, 9.17) is 9.47 Å². The van der Waals surface area contributed by atoms with Crippen molar-refractivity contribution in [1.29, 1.82) is 0 Å². The van der Waals surface area contributed by atoms with E-state index in [-0.39, 0.29) is 12.5 Å². The number of carbonyl (C=O) groups is 1. The van der Waals surface area contributed by atoms with Crippen LogP contribution < -0.4 is 10.1 Å². The Balaban J connectivity index is 1.85. The van der Waals surface area contributed by atoms with Crippen LogP contribution in [0.5, 0.6) is 5.75 Å². The van der Waals surface area contributed by atoms with Gasteiger partial charge < -0.3 is 19.9 Å². The summed E-state index contributed by atoms with van der Waals surface area (Å²) in [6.45, 7) is 0.933. The van der Waals surface area contributed by atoms with Crippen molar-refractivity contribution in [2.24, 2.45) is 5.41 Å². The zero-order valence-electron chi connectivity index (χ0n) is 11.0. The molecular weight excluding hydrogens is 246 g/mol. The Morgan fingerprint density at radius 1 is 1.47 bits per heavy atom. The van der Waals surface area contributed by atoms with Gasteiger partial charge in [-0.3, -0.25) is 4.79 Å². The molecule has 1 amide bonds. The molecule has 0 spiro atoms. The van der Waals surface area contributed by atoms with Crippen molar-refractivity contribution in [1.82, 2.24) is 5.32 Å². The Bertz CT molecular complexity index is 437. The van der Waals surface area contributed by atoms with E-state index in [1.54, 1.807) is 7.11 Å². The molecule has 104 valence electrons. The van der Waals surface area contributed by atoms with Gasteiger partial charge in [0.1, 0.15) is 11.2 Å². The van der Waals surface area contributed by atoms with Crippen molar-refractivity contribution < 1.29 is 19.4 Å². The molecule has 1 aromatic carbocycles. The monoisotopic (exact) mass is 265 g/mol. The van der Waals surface area contributed by atoms with Crippen LogP contribution in [-0.4, -0.2) is 44.5 Å². The lowest BCUT2D eigenvalue weighted by Gasteiger charge is -2.38. The molecule has 0 aromatic heterocycles. The Hall–Kier alpha value is -1.59. The third-order valence-corrected chi connectivity index (χ3v) is 3.41. The smallest absolute Gasteiger partial charge is 0.233 e. The maximum absolute atomic E-state index is 11.9. The van der Waals surface area contributed by atoms with Crippen molar-refractivity contribution in [3.05, 3.63) is 29.8 Å². The maximum Gasteiger partial charge on any atom is 0.233 e. The van der Waals surface area contributed by atoms with E-state index in [1.165, 1.54) is 0 Å². The van der Waals surface area contributed by atoms with Crippen molar-refractivity contribution in [2.45, 2.75) is 6.42 Å². The van der Waals surface area contributed by atoms with E-state index in [2.05, 4.69) is 5.32 Å². The zero-order valence-corrected chi connectivity index (χ0v) is 11.0. The number of rotatable bonds is 6. The molecule has 19 heavy (non-hydrogen) atoms. The molecule has 0 unspecified atom stereocenters. The van der Waals surface area contributed by atoms with Crippen LogP contribution in [0, 0.1) is 5.41 Å². The molecule has 1 aliphatic rings. The van der Waals surface area contributed by atoms with Crippen molar-refractivity contribution in [3.8, 4) is 5.75 Å². The summed E-state index contributed by atoms with van der Waals surface area (Å²) < 4.78 is 10.3. The number of aliphatic hydroxyl groups is 1. The molecule has 0 atom stereocenters. The highest BCUT2D eigenvalue weighted by atomic mass is 16.5. The lowest BCUT2D eigenvalue weighted by Crippen LogP contribution is -2.56. The summed E-state index contributed by atoms with van der Waals surface area (Å²) in [4.78, 5) is 11.9. The summed E-state index contributed by atoms with van der Waals surface area (Å²) in [6.07, 6.45) is 0.693. The van der Waals surface area contributed by atoms with Gasteiger partial charge in [-0.1, -0.05) is 18.2 Å². The third-order valence-electron chi connectivity index (χ3n) is 3.41. The van der Waals surface area contributed by atoms with E-state index in [1.807, 2.05) is 24.3 Å². The predicted molar refractivity (Wildman–Crippen MR) is 70.0 cm³/mol. The second kappa shape index (κ2) is 6.04. The Labute approximate surface area is 112 Å². The van der Waals surface area contributed by atoms with Gasteiger partial charge in [-0.05, 0) is 18.1 Å². The number of amides is 1. The highest BCUT2D eigenvalue weighted by molar-refractivity contribution is 5.83. The van der Waals surface area contributed by atoms with Crippen molar-refractivity contribution in [2.75, 3.05) is 33.5 Å². The number of hydrogen-bond acceptors (Lipinski definition) is 4. The fourth-order valence-electron chi connectivity index (χ4n) is 2.05. The second-order valence-corrected chi connectivity index (χ2v) is 4.75. The number of carbonyl (C=O) groups excluding carboxylic acids is 1. The number of methoxy groups -OCH3 is 1. The van der Waals surface area contributed by atoms with E-state index in [0.29, 0.717) is 26.2 Å². The lowest BCUT2D eigenvalue weighted by atomic mass is 9.86. The first-order valence-electron chi connectivity index (χ1n) is 6.31. The molecule has 0 radical (unpaired) electrons. The van der Waals surface area contributed by atoms with E-state index < -0.39 is 5.41 Å². The van der Waals surface area contributed by atoms with Gasteiger partial charge in [-0.2, -0.15) is 0 Å². The van der Waals surface area contributed by atoms with Gasteiger partial charge in [-0.15, -0.1) is 0 Å². The highest BCUT2D eigenvalue weighted by Crippen LogP contribution is 2.26. The van der Waals surface area contributed by atoms with Crippen LogP contribution in [0.1, 0.15) is 5.56 Å². The molecule has 1 heterocycles. The van der Waals surface area contributed by atoms with Crippen LogP contribution >= 0.6 is 0 Å². The number of para-hydroxylation sites is 1. The number of ether oxygens (including phenoxy) is 2. The number of hydrogen-bond donors (Lipinski definition) is 2. The number of aliphatic hydroxyl groups excluding tert-OH is 1. The molecule has 0 bridgehead atoms. The van der Waals surface area contributed by atoms with Crippen LogP contribution in [0.4, 0.5) is 0 Å². The summed E-state index contributed by atoms with van der Waals surface area (Å²) >= 11 is 0. The highest BCUT2D eigenvalue weighted by Gasteiger charge is 2.45. The molecule has 2 N–H and O–H groups in total. The van der Waals surface area contributed by atoms with Crippen LogP contribution in [0.15, 0.2) is 24.3 Å². The first-order chi connectivity index (χ1) is 9.22. The molecule has 5 nitrogen and oxygen atoms in total.